The number of nitrogens with two attached hydrogens (primary N) is 1. The number of imidazole rings is 1. The number of aromatic nitrogens is 5. The van der Waals surface area contributed by atoms with Gasteiger partial charge in [-0.25, -0.2) is 10.8 Å². The highest BCUT2D eigenvalue weighted by molar-refractivity contribution is 5.40. The Balaban J connectivity index is 2.47. The number of nitrogens with one attached hydrogen (secondary N) is 1. The van der Waals surface area contributed by atoms with Crippen molar-refractivity contribution in [1.82, 2.24) is 24.5 Å². The van der Waals surface area contributed by atoms with Crippen LogP contribution in [0.1, 0.15) is 20.8 Å². The maximum atomic E-state index is 5.41. The van der Waals surface area contributed by atoms with Crippen molar-refractivity contribution in [3.63, 3.8) is 0 Å². The smallest absolute Gasteiger partial charge is 0.243 e. The predicted molar refractivity (Wildman–Crippen MR) is 72.9 cm³/mol. The average molecular weight is 262 g/mol. The predicted octanol–water partition coefficient (Wildman–Crippen LogP) is 0.578. The van der Waals surface area contributed by atoms with Gasteiger partial charge in [-0.3, -0.25) is 9.99 Å². The summed E-state index contributed by atoms with van der Waals surface area (Å²) in [5.74, 6) is 6.81. The molecule has 8 nitrogen and oxygen atoms in total. The van der Waals surface area contributed by atoms with Crippen molar-refractivity contribution < 1.29 is 0 Å². The van der Waals surface area contributed by atoms with Gasteiger partial charge in [0, 0.05) is 25.0 Å². The van der Waals surface area contributed by atoms with E-state index in [1.807, 2.05) is 0 Å². The summed E-state index contributed by atoms with van der Waals surface area (Å²) in [6.45, 7) is 7.02. The number of hydrogen-bond acceptors (Lipinski definition) is 7. The minimum atomic E-state index is 0.286. The van der Waals surface area contributed by atoms with Crippen LogP contribution in [0.15, 0.2) is 18.7 Å². The fourth-order valence-corrected chi connectivity index (χ4v) is 1.78. The molecule has 0 aliphatic heterocycles. The van der Waals surface area contributed by atoms with E-state index in [9.17, 15) is 0 Å². The molecule has 2 heterocycles. The third kappa shape index (κ3) is 2.79. The molecule has 2 aromatic heterocycles. The zero-order chi connectivity index (χ0) is 13.8. The van der Waals surface area contributed by atoms with Gasteiger partial charge in [0.25, 0.3) is 0 Å². The molecule has 0 aliphatic carbocycles. The van der Waals surface area contributed by atoms with E-state index in [-0.39, 0.29) is 6.04 Å². The van der Waals surface area contributed by atoms with Crippen LogP contribution in [0.5, 0.6) is 0 Å². The molecular formula is C11H18N8. The molecule has 0 spiro atoms. The van der Waals surface area contributed by atoms with E-state index in [2.05, 4.69) is 51.0 Å². The van der Waals surface area contributed by atoms with Crippen LogP contribution in [-0.2, 0) is 0 Å². The van der Waals surface area contributed by atoms with Gasteiger partial charge in [0.2, 0.25) is 17.8 Å². The maximum absolute atomic E-state index is 5.41. The first-order valence-electron chi connectivity index (χ1n) is 6.13. The first kappa shape index (κ1) is 13.2. The first-order chi connectivity index (χ1) is 9.15. The van der Waals surface area contributed by atoms with Gasteiger partial charge in [0.05, 0.1) is 0 Å². The Morgan fingerprint density at radius 2 is 2.16 bits per heavy atom. The second-order valence-electron chi connectivity index (χ2n) is 4.25. The summed E-state index contributed by atoms with van der Waals surface area (Å²) >= 11 is 0. The SMILES string of the molecule is CCN(c1nc(NN)nc(-n2ccnc2)n1)C(C)C. The molecule has 0 amide bonds. The molecule has 8 heteroatoms. The normalized spacial score (nSPS) is 10.8. The van der Waals surface area contributed by atoms with E-state index >= 15 is 0 Å². The molecule has 0 saturated heterocycles. The van der Waals surface area contributed by atoms with Gasteiger partial charge in [-0.05, 0) is 20.8 Å². The van der Waals surface area contributed by atoms with E-state index in [1.54, 1.807) is 23.3 Å². The highest BCUT2D eigenvalue weighted by atomic mass is 15.4. The molecule has 102 valence electrons. The van der Waals surface area contributed by atoms with Crippen molar-refractivity contribution in [3.05, 3.63) is 18.7 Å². The van der Waals surface area contributed by atoms with Crippen molar-refractivity contribution in [1.29, 1.82) is 0 Å². The van der Waals surface area contributed by atoms with E-state index in [0.717, 1.165) is 6.54 Å². The summed E-state index contributed by atoms with van der Waals surface area (Å²) in [6, 6.07) is 0.286. The number of rotatable bonds is 5. The van der Waals surface area contributed by atoms with Crippen molar-refractivity contribution in [2.45, 2.75) is 26.8 Å². The summed E-state index contributed by atoms with van der Waals surface area (Å²) < 4.78 is 1.71. The number of nitrogen functional groups attached to an aromatic ring is 1. The highest BCUT2D eigenvalue weighted by Gasteiger charge is 2.15. The third-order valence-corrected chi connectivity index (χ3v) is 2.70. The van der Waals surface area contributed by atoms with Crippen LogP contribution in [-0.4, -0.2) is 37.1 Å². The third-order valence-electron chi connectivity index (χ3n) is 2.70. The number of hydrazine groups is 1. The van der Waals surface area contributed by atoms with Crippen LogP contribution >= 0.6 is 0 Å². The molecule has 0 bridgehead atoms. The van der Waals surface area contributed by atoms with Crippen molar-refractivity contribution in [3.8, 4) is 5.95 Å². The van der Waals surface area contributed by atoms with E-state index < -0.39 is 0 Å². The molecule has 0 aromatic carbocycles. The van der Waals surface area contributed by atoms with Gasteiger partial charge < -0.3 is 4.90 Å². The van der Waals surface area contributed by atoms with E-state index in [4.69, 9.17) is 5.84 Å². The lowest BCUT2D eigenvalue weighted by Crippen LogP contribution is -2.33. The summed E-state index contributed by atoms with van der Waals surface area (Å²) in [6.07, 6.45) is 5.06. The number of anilines is 2. The second-order valence-corrected chi connectivity index (χ2v) is 4.25. The fourth-order valence-electron chi connectivity index (χ4n) is 1.78. The molecule has 0 unspecified atom stereocenters. The molecule has 0 atom stereocenters. The summed E-state index contributed by atoms with van der Waals surface area (Å²) in [5, 5.41) is 0. The van der Waals surface area contributed by atoms with E-state index in [1.165, 1.54) is 0 Å². The largest absolute Gasteiger partial charge is 0.338 e. The van der Waals surface area contributed by atoms with Gasteiger partial charge in [-0.1, -0.05) is 0 Å². The monoisotopic (exact) mass is 262 g/mol. The Morgan fingerprint density at radius 1 is 1.37 bits per heavy atom. The minimum Gasteiger partial charge on any atom is -0.338 e. The lowest BCUT2D eigenvalue weighted by atomic mass is 10.3. The Labute approximate surface area is 111 Å². The van der Waals surface area contributed by atoms with Crippen LogP contribution < -0.4 is 16.2 Å². The lowest BCUT2D eigenvalue weighted by molar-refractivity contribution is 0.675. The van der Waals surface area contributed by atoms with Crippen LogP contribution in [0.2, 0.25) is 0 Å². The summed E-state index contributed by atoms with van der Waals surface area (Å²) in [4.78, 5) is 19.0. The van der Waals surface area contributed by atoms with Crippen LogP contribution in [0.3, 0.4) is 0 Å². The number of hydrogen-bond donors (Lipinski definition) is 2. The average Bonchev–Trinajstić information content (AvgIpc) is 2.92. The van der Waals surface area contributed by atoms with E-state index in [0.29, 0.717) is 17.8 Å². The zero-order valence-electron chi connectivity index (χ0n) is 11.3. The number of nitrogens with zero attached hydrogens (tertiary/aromatic N) is 6. The van der Waals surface area contributed by atoms with Crippen LogP contribution in [0.4, 0.5) is 11.9 Å². The molecular weight excluding hydrogens is 244 g/mol. The summed E-state index contributed by atoms with van der Waals surface area (Å²) in [5.41, 5.74) is 2.46. The fraction of sp³-hybridized carbons (Fsp3) is 0.455. The van der Waals surface area contributed by atoms with Crippen molar-refractivity contribution >= 4 is 11.9 Å². The van der Waals surface area contributed by atoms with Crippen molar-refractivity contribution in [2.24, 2.45) is 5.84 Å². The van der Waals surface area contributed by atoms with Crippen LogP contribution in [0.25, 0.3) is 5.95 Å². The lowest BCUT2D eigenvalue weighted by Gasteiger charge is -2.25. The topological polar surface area (TPSA) is 97.8 Å². The van der Waals surface area contributed by atoms with Crippen molar-refractivity contribution in [2.75, 3.05) is 16.9 Å². The van der Waals surface area contributed by atoms with Gasteiger partial charge >= 0.3 is 0 Å². The molecule has 0 saturated carbocycles. The molecule has 19 heavy (non-hydrogen) atoms. The molecule has 2 rings (SSSR count). The molecule has 3 N–H and O–H groups in total. The molecule has 0 fully saturated rings. The Bertz CT molecular complexity index is 521. The highest BCUT2D eigenvalue weighted by Crippen LogP contribution is 2.14. The molecule has 0 aliphatic rings. The Hall–Kier alpha value is -2.22. The van der Waals surface area contributed by atoms with Gasteiger partial charge in [0.1, 0.15) is 6.33 Å². The quantitative estimate of drug-likeness (QED) is 0.600. The molecule has 2 aromatic rings. The standard InChI is InChI=1S/C11H18N8/c1-4-19(8(2)3)11-15-9(17-12)14-10(16-11)18-6-5-13-7-18/h5-8H,4,12H2,1-3H3,(H,14,15,16,17). The Morgan fingerprint density at radius 3 is 2.68 bits per heavy atom. The van der Waals surface area contributed by atoms with Gasteiger partial charge in [0.15, 0.2) is 0 Å². The minimum absolute atomic E-state index is 0.286. The van der Waals surface area contributed by atoms with Gasteiger partial charge in [-0.2, -0.15) is 15.0 Å². The zero-order valence-corrected chi connectivity index (χ0v) is 11.3. The van der Waals surface area contributed by atoms with Gasteiger partial charge in [-0.15, -0.1) is 0 Å². The van der Waals surface area contributed by atoms with Crippen LogP contribution in [0, 0.1) is 0 Å². The second kappa shape index (κ2) is 5.61. The molecule has 0 radical (unpaired) electrons. The summed E-state index contributed by atoms with van der Waals surface area (Å²) in [7, 11) is 0. The Kier molecular flexibility index (Phi) is 3.91. The maximum Gasteiger partial charge on any atom is 0.243 e. The first-order valence-corrected chi connectivity index (χ1v) is 6.13.